The first-order valence-electron chi connectivity index (χ1n) is 11.6. The molecule has 4 rings (SSSR count). The molecule has 1 saturated heterocycles. The molecule has 1 aliphatic rings. The zero-order valence-electron chi connectivity index (χ0n) is 19.6. The summed E-state index contributed by atoms with van der Waals surface area (Å²) in [6.07, 6.45) is 1.93. The molecule has 2 amide bonds. The number of hydrogen-bond donors (Lipinski definition) is 2. The molecule has 3 aromatic rings. The van der Waals surface area contributed by atoms with Gasteiger partial charge in [0.2, 0.25) is 11.8 Å². The smallest absolute Gasteiger partial charge is 0.230 e. The molecule has 7 nitrogen and oxygen atoms in total. The van der Waals surface area contributed by atoms with Crippen LogP contribution in [0, 0.1) is 11.7 Å². The molecule has 8 heteroatoms. The molecule has 1 atom stereocenters. The molecule has 0 radical (unpaired) electrons. The fourth-order valence-corrected chi connectivity index (χ4v) is 4.01. The number of nitrogens with one attached hydrogen (secondary N) is 2. The van der Waals surface area contributed by atoms with Crippen molar-refractivity contribution in [1.82, 2.24) is 15.1 Å². The number of amides is 2. The van der Waals surface area contributed by atoms with Crippen LogP contribution >= 0.6 is 0 Å². The van der Waals surface area contributed by atoms with Crippen LogP contribution in [0.25, 0.3) is 16.9 Å². The summed E-state index contributed by atoms with van der Waals surface area (Å²) in [5.41, 5.74) is 3.46. The summed E-state index contributed by atoms with van der Waals surface area (Å²) in [4.78, 5) is 24.2. The molecule has 0 spiro atoms. The first kappa shape index (κ1) is 23.5. The fourth-order valence-electron chi connectivity index (χ4n) is 4.01. The number of halogens is 1. The fraction of sp³-hybridized carbons (Fsp3) is 0.346. The van der Waals surface area contributed by atoms with Gasteiger partial charge in [0.1, 0.15) is 0 Å². The summed E-state index contributed by atoms with van der Waals surface area (Å²) in [6.45, 7) is 6.11. The van der Waals surface area contributed by atoms with Gasteiger partial charge >= 0.3 is 0 Å². The molecule has 2 heterocycles. The number of anilines is 1. The van der Waals surface area contributed by atoms with Crippen molar-refractivity contribution in [2.75, 3.05) is 11.9 Å². The Hall–Kier alpha value is -3.68. The molecular formula is C26H29FN4O3. The Balaban J connectivity index is 1.74. The maximum absolute atomic E-state index is 14.3. The zero-order valence-corrected chi connectivity index (χ0v) is 19.6. The molecule has 2 N–H and O–H groups in total. The number of aromatic nitrogens is 2. The molecular weight excluding hydrogens is 435 g/mol. The van der Waals surface area contributed by atoms with E-state index in [1.807, 2.05) is 26.0 Å². The van der Waals surface area contributed by atoms with E-state index >= 15 is 0 Å². The summed E-state index contributed by atoms with van der Waals surface area (Å²) in [6, 6.07) is 14.5. The molecule has 178 valence electrons. The van der Waals surface area contributed by atoms with Gasteiger partial charge in [-0.1, -0.05) is 31.5 Å². The number of rotatable bonds is 8. The predicted octanol–water partition coefficient (Wildman–Crippen LogP) is 4.49. The number of ether oxygens (including phenoxy) is 1. The number of carbonyl (C=O) groups is 2. The second-order valence-electron chi connectivity index (χ2n) is 8.75. The molecule has 1 fully saturated rings. The number of carbonyl (C=O) groups excluding carboxylic acids is 2. The molecule has 2 aromatic carbocycles. The lowest BCUT2D eigenvalue weighted by Crippen LogP contribution is -2.24. The van der Waals surface area contributed by atoms with E-state index in [0.717, 1.165) is 24.1 Å². The van der Waals surface area contributed by atoms with E-state index < -0.39 is 11.7 Å². The van der Waals surface area contributed by atoms with E-state index in [4.69, 9.17) is 4.74 Å². The number of aryl methyl sites for hydroxylation is 1. The van der Waals surface area contributed by atoms with Crippen molar-refractivity contribution < 1.29 is 18.7 Å². The van der Waals surface area contributed by atoms with Crippen molar-refractivity contribution >= 4 is 17.6 Å². The van der Waals surface area contributed by atoms with Crippen LogP contribution in [-0.4, -0.2) is 34.2 Å². The number of benzene rings is 2. The molecule has 34 heavy (non-hydrogen) atoms. The average Bonchev–Trinajstić information content (AvgIpc) is 3.42. The number of nitrogens with zero attached hydrogens (tertiary/aromatic N) is 2. The Bertz CT molecular complexity index is 1200. The second-order valence-corrected chi connectivity index (χ2v) is 8.75. The summed E-state index contributed by atoms with van der Waals surface area (Å²) in [5.74, 6) is -0.806. The van der Waals surface area contributed by atoms with Gasteiger partial charge < -0.3 is 15.4 Å². The lowest BCUT2D eigenvalue weighted by molar-refractivity contribution is -0.123. The van der Waals surface area contributed by atoms with Crippen LogP contribution in [0.1, 0.15) is 39.2 Å². The Morgan fingerprint density at radius 2 is 2.09 bits per heavy atom. The van der Waals surface area contributed by atoms with Crippen LogP contribution in [0.15, 0.2) is 48.5 Å². The monoisotopic (exact) mass is 464 g/mol. The summed E-state index contributed by atoms with van der Waals surface area (Å²) in [5, 5.41) is 10.1. The van der Waals surface area contributed by atoms with E-state index in [1.165, 1.54) is 11.6 Å². The van der Waals surface area contributed by atoms with Gasteiger partial charge in [0, 0.05) is 30.7 Å². The van der Waals surface area contributed by atoms with Gasteiger partial charge in [0.05, 0.1) is 23.4 Å². The highest BCUT2D eigenvalue weighted by Gasteiger charge is 2.28. The molecule has 0 unspecified atom stereocenters. The first-order valence-corrected chi connectivity index (χ1v) is 11.6. The topological polar surface area (TPSA) is 85.3 Å². The van der Waals surface area contributed by atoms with Crippen LogP contribution in [0.3, 0.4) is 0 Å². The summed E-state index contributed by atoms with van der Waals surface area (Å²) < 4.78 is 21.6. The minimum Gasteiger partial charge on any atom is -0.488 e. The third-order valence-electron chi connectivity index (χ3n) is 5.59. The van der Waals surface area contributed by atoms with Gasteiger partial charge in [-0.25, -0.2) is 9.07 Å². The lowest BCUT2D eigenvalue weighted by Gasteiger charge is -2.13. The van der Waals surface area contributed by atoms with Gasteiger partial charge in [0.15, 0.2) is 17.4 Å². The molecule has 1 aromatic heterocycles. The highest BCUT2D eigenvalue weighted by molar-refractivity contribution is 5.97. The van der Waals surface area contributed by atoms with Crippen LogP contribution in [0.4, 0.5) is 10.2 Å². The van der Waals surface area contributed by atoms with Crippen molar-refractivity contribution in [1.29, 1.82) is 0 Å². The van der Waals surface area contributed by atoms with Crippen LogP contribution in [0.2, 0.25) is 0 Å². The molecule has 0 bridgehead atoms. The SMILES string of the molecule is CCCc1cccc(-c2cc(NC(=O)[C@@H]3CNC(=O)C3)nn2-c2ccc(F)c(OC(C)C)c2)c1. The molecule has 1 aliphatic heterocycles. The predicted molar refractivity (Wildman–Crippen MR) is 128 cm³/mol. The van der Waals surface area contributed by atoms with Crippen LogP contribution < -0.4 is 15.4 Å². The second kappa shape index (κ2) is 10.1. The Morgan fingerprint density at radius 3 is 2.79 bits per heavy atom. The Morgan fingerprint density at radius 1 is 1.26 bits per heavy atom. The molecule has 0 saturated carbocycles. The number of hydrogen-bond acceptors (Lipinski definition) is 4. The zero-order chi connectivity index (χ0) is 24.2. The van der Waals surface area contributed by atoms with Gasteiger partial charge in [-0.2, -0.15) is 0 Å². The normalized spacial score (nSPS) is 15.4. The van der Waals surface area contributed by atoms with E-state index in [0.29, 0.717) is 18.1 Å². The van der Waals surface area contributed by atoms with Crippen molar-refractivity contribution in [3.8, 4) is 22.7 Å². The summed E-state index contributed by atoms with van der Waals surface area (Å²) >= 11 is 0. The largest absolute Gasteiger partial charge is 0.488 e. The van der Waals surface area contributed by atoms with Gasteiger partial charge in [-0.05, 0) is 44.0 Å². The van der Waals surface area contributed by atoms with Crippen LogP contribution in [-0.2, 0) is 16.0 Å². The van der Waals surface area contributed by atoms with E-state index in [9.17, 15) is 14.0 Å². The quantitative estimate of drug-likeness (QED) is 0.514. The third kappa shape index (κ3) is 5.27. The lowest BCUT2D eigenvalue weighted by atomic mass is 10.0. The van der Waals surface area contributed by atoms with Crippen LogP contribution in [0.5, 0.6) is 5.75 Å². The third-order valence-corrected chi connectivity index (χ3v) is 5.59. The van der Waals surface area contributed by atoms with Crippen molar-refractivity contribution in [2.45, 2.75) is 46.1 Å². The minimum atomic E-state index is -0.456. The highest BCUT2D eigenvalue weighted by Crippen LogP contribution is 2.30. The highest BCUT2D eigenvalue weighted by atomic mass is 19.1. The van der Waals surface area contributed by atoms with E-state index in [2.05, 4.69) is 34.8 Å². The van der Waals surface area contributed by atoms with E-state index in [-0.39, 0.29) is 30.1 Å². The minimum absolute atomic E-state index is 0.134. The summed E-state index contributed by atoms with van der Waals surface area (Å²) in [7, 11) is 0. The first-order chi connectivity index (χ1) is 16.3. The maximum atomic E-state index is 14.3. The Labute approximate surface area is 198 Å². The van der Waals surface area contributed by atoms with Crippen molar-refractivity contribution in [3.63, 3.8) is 0 Å². The van der Waals surface area contributed by atoms with Gasteiger partial charge in [-0.15, -0.1) is 5.10 Å². The maximum Gasteiger partial charge on any atom is 0.230 e. The van der Waals surface area contributed by atoms with Gasteiger partial charge in [-0.3, -0.25) is 9.59 Å². The van der Waals surface area contributed by atoms with Crippen molar-refractivity contribution in [3.05, 3.63) is 59.9 Å². The standard InChI is InChI=1S/C26H29FN4O3/c1-4-6-17-7-5-8-18(11-17)22-14-24(29-26(33)19-12-25(32)28-15-19)30-31(22)20-9-10-21(27)23(13-20)34-16(2)3/h5,7-11,13-14,16,19H,4,6,12,15H2,1-3H3,(H,28,32)(H,29,30,33)/t19-/m0/s1. The van der Waals surface area contributed by atoms with Crippen molar-refractivity contribution in [2.24, 2.45) is 5.92 Å². The Kier molecular flexibility index (Phi) is 6.95. The van der Waals surface area contributed by atoms with E-state index in [1.54, 1.807) is 22.9 Å². The average molecular weight is 465 g/mol. The molecule has 0 aliphatic carbocycles. The van der Waals surface area contributed by atoms with Gasteiger partial charge in [0.25, 0.3) is 0 Å².